The largest absolute Gasteiger partial charge is 0.444 e. The Morgan fingerprint density at radius 2 is 1.68 bits per heavy atom. The van der Waals surface area contributed by atoms with Crippen LogP contribution in [0.1, 0.15) is 51.7 Å². The second-order valence-corrected chi connectivity index (χ2v) is 10.4. The van der Waals surface area contributed by atoms with Crippen LogP contribution in [-0.4, -0.2) is 44.0 Å². The summed E-state index contributed by atoms with van der Waals surface area (Å²) in [7, 11) is -3.79. The molecular weight excluding hydrogens is 380 g/mol. The maximum absolute atomic E-state index is 12.7. The summed E-state index contributed by atoms with van der Waals surface area (Å²) in [6.07, 6.45) is 0.331. The fourth-order valence-electron chi connectivity index (χ4n) is 2.94. The molecule has 7 nitrogen and oxygen atoms in total. The van der Waals surface area contributed by atoms with E-state index in [0.717, 1.165) is 5.56 Å². The molecule has 0 aromatic heterocycles. The molecule has 1 N–H and O–H groups in total. The summed E-state index contributed by atoms with van der Waals surface area (Å²) >= 11 is 0. The lowest BCUT2D eigenvalue weighted by atomic mass is 9.80. The van der Waals surface area contributed by atoms with Crippen molar-refractivity contribution in [2.24, 2.45) is 5.41 Å². The first kappa shape index (κ1) is 22.2. The summed E-state index contributed by atoms with van der Waals surface area (Å²) in [5, 5.41) is 0. The number of amides is 2. The van der Waals surface area contributed by atoms with Crippen LogP contribution in [0.15, 0.2) is 24.3 Å². The van der Waals surface area contributed by atoms with Gasteiger partial charge in [-0.2, -0.15) is 0 Å². The molecule has 156 valence electrons. The van der Waals surface area contributed by atoms with E-state index >= 15 is 0 Å². The van der Waals surface area contributed by atoms with Crippen LogP contribution in [0.25, 0.3) is 0 Å². The lowest BCUT2D eigenvalue weighted by molar-refractivity contribution is -0.130. The number of rotatable bonds is 4. The molecule has 0 saturated carbocycles. The van der Waals surface area contributed by atoms with Crippen molar-refractivity contribution in [2.75, 3.05) is 13.1 Å². The van der Waals surface area contributed by atoms with Gasteiger partial charge in [-0.05, 0) is 46.1 Å². The Labute approximate surface area is 167 Å². The standard InChI is InChI=1S/C20H30N2O5S/c1-15-6-8-16(9-7-15)14-28(25,26)21-17(23)20(5)10-12-22(13-11-20)18(24)27-19(2,3)4/h6-9H,10-14H2,1-5H3,(H,21,23). The maximum Gasteiger partial charge on any atom is 0.410 e. The molecule has 1 aliphatic rings. The van der Waals surface area contributed by atoms with Crippen LogP contribution in [0.5, 0.6) is 0 Å². The van der Waals surface area contributed by atoms with E-state index < -0.39 is 33.0 Å². The molecular formula is C20H30N2O5S. The first-order valence-electron chi connectivity index (χ1n) is 9.38. The minimum atomic E-state index is -3.79. The number of hydrogen-bond acceptors (Lipinski definition) is 5. The quantitative estimate of drug-likeness (QED) is 0.824. The lowest BCUT2D eigenvalue weighted by Crippen LogP contribution is -2.50. The van der Waals surface area contributed by atoms with E-state index in [9.17, 15) is 18.0 Å². The van der Waals surface area contributed by atoms with Gasteiger partial charge in [0.1, 0.15) is 5.60 Å². The predicted molar refractivity (Wildman–Crippen MR) is 107 cm³/mol. The molecule has 28 heavy (non-hydrogen) atoms. The molecule has 0 spiro atoms. The summed E-state index contributed by atoms with van der Waals surface area (Å²) in [5.74, 6) is -0.775. The molecule has 1 aliphatic heterocycles. The highest BCUT2D eigenvalue weighted by Crippen LogP contribution is 2.32. The summed E-state index contributed by atoms with van der Waals surface area (Å²) in [6, 6.07) is 7.14. The minimum Gasteiger partial charge on any atom is -0.444 e. The normalized spacial score (nSPS) is 17.1. The zero-order valence-electron chi connectivity index (χ0n) is 17.2. The van der Waals surface area contributed by atoms with Crippen LogP contribution in [-0.2, 0) is 25.3 Å². The van der Waals surface area contributed by atoms with Crippen molar-refractivity contribution in [3.63, 3.8) is 0 Å². The molecule has 1 fully saturated rings. The first-order chi connectivity index (χ1) is 12.8. The monoisotopic (exact) mass is 410 g/mol. The van der Waals surface area contributed by atoms with E-state index in [1.165, 1.54) is 0 Å². The van der Waals surface area contributed by atoms with Gasteiger partial charge in [0.2, 0.25) is 15.9 Å². The van der Waals surface area contributed by atoms with Gasteiger partial charge in [-0.25, -0.2) is 13.2 Å². The van der Waals surface area contributed by atoms with Crippen molar-refractivity contribution >= 4 is 22.0 Å². The Balaban J connectivity index is 1.95. The Hall–Kier alpha value is -2.09. The van der Waals surface area contributed by atoms with E-state index in [2.05, 4.69) is 4.72 Å². The molecule has 1 saturated heterocycles. The summed E-state index contributed by atoms with van der Waals surface area (Å²) < 4.78 is 32.3. The van der Waals surface area contributed by atoms with E-state index in [-0.39, 0.29) is 5.75 Å². The van der Waals surface area contributed by atoms with Crippen LogP contribution < -0.4 is 4.72 Å². The van der Waals surface area contributed by atoms with Gasteiger partial charge < -0.3 is 9.64 Å². The highest BCUT2D eigenvalue weighted by atomic mass is 32.2. The molecule has 0 unspecified atom stereocenters. The number of nitrogens with one attached hydrogen (secondary N) is 1. The second kappa shape index (κ2) is 8.11. The molecule has 8 heteroatoms. The number of ether oxygens (including phenoxy) is 1. The Bertz CT molecular complexity index is 817. The molecule has 0 radical (unpaired) electrons. The number of carbonyl (C=O) groups is 2. The molecule has 2 rings (SSSR count). The molecule has 1 aromatic rings. The number of sulfonamides is 1. The molecule has 1 heterocycles. The molecule has 0 bridgehead atoms. The Kier molecular flexibility index (Phi) is 6.43. The summed E-state index contributed by atoms with van der Waals surface area (Å²) in [4.78, 5) is 26.4. The molecule has 2 amide bonds. The van der Waals surface area contributed by atoms with Crippen LogP contribution in [0.3, 0.4) is 0 Å². The lowest BCUT2D eigenvalue weighted by Gasteiger charge is -2.38. The molecule has 1 aromatic carbocycles. The van der Waals surface area contributed by atoms with Crippen molar-refractivity contribution in [3.05, 3.63) is 35.4 Å². The third-order valence-electron chi connectivity index (χ3n) is 4.79. The van der Waals surface area contributed by atoms with Crippen molar-refractivity contribution in [1.29, 1.82) is 0 Å². The minimum absolute atomic E-state index is 0.251. The summed E-state index contributed by atoms with van der Waals surface area (Å²) in [5.41, 5.74) is 0.225. The van der Waals surface area contributed by atoms with Gasteiger partial charge in [0.25, 0.3) is 0 Å². The number of piperidine rings is 1. The third-order valence-corrected chi connectivity index (χ3v) is 6.00. The third kappa shape index (κ3) is 6.22. The average Bonchev–Trinajstić information content (AvgIpc) is 2.55. The maximum atomic E-state index is 12.7. The van der Waals surface area contributed by atoms with Gasteiger partial charge in [0, 0.05) is 13.1 Å². The van der Waals surface area contributed by atoms with Gasteiger partial charge in [-0.3, -0.25) is 9.52 Å². The smallest absolute Gasteiger partial charge is 0.410 e. The number of likely N-dealkylation sites (tertiary alicyclic amines) is 1. The molecule has 0 aliphatic carbocycles. The van der Waals surface area contributed by atoms with E-state index in [1.54, 1.807) is 44.7 Å². The number of carbonyl (C=O) groups excluding carboxylic acids is 2. The average molecular weight is 411 g/mol. The van der Waals surface area contributed by atoms with Crippen LogP contribution >= 0.6 is 0 Å². The van der Waals surface area contributed by atoms with E-state index in [1.807, 2.05) is 19.1 Å². The SMILES string of the molecule is Cc1ccc(CS(=O)(=O)NC(=O)C2(C)CCN(C(=O)OC(C)(C)C)CC2)cc1. The van der Waals surface area contributed by atoms with Crippen molar-refractivity contribution < 1.29 is 22.7 Å². The van der Waals surface area contributed by atoms with Gasteiger partial charge >= 0.3 is 6.09 Å². The second-order valence-electron chi connectivity index (χ2n) is 8.70. The zero-order chi connectivity index (χ0) is 21.2. The van der Waals surface area contributed by atoms with Gasteiger partial charge in [-0.15, -0.1) is 0 Å². The fourth-order valence-corrected chi connectivity index (χ4v) is 4.17. The Morgan fingerprint density at radius 1 is 1.14 bits per heavy atom. The van der Waals surface area contributed by atoms with E-state index in [0.29, 0.717) is 31.5 Å². The van der Waals surface area contributed by atoms with Crippen molar-refractivity contribution in [1.82, 2.24) is 9.62 Å². The highest BCUT2D eigenvalue weighted by molar-refractivity contribution is 7.89. The van der Waals surface area contributed by atoms with Gasteiger partial charge in [0.05, 0.1) is 11.2 Å². The predicted octanol–water partition coefficient (Wildman–Crippen LogP) is 2.98. The van der Waals surface area contributed by atoms with Crippen molar-refractivity contribution in [2.45, 2.75) is 58.8 Å². The number of aryl methyl sites for hydroxylation is 1. The Morgan fingerprint density at radius 3 is 2.18 bits per heavy atom. The molecule has 0 atom stereocenters. The van der Waals surface area contributed by atoms with E-state index in [4.69, 9.17) is 4.74 Å². The van der Waals surface area contributed by atoms with Crippen LogP contribution in [0.2, 0.25) is 0 Å². The van der Waals surface area contributed by atoms with Gasteiger partial charge in [0.15, 0.2) is 0 Å². The number of benzene rings is 1. The van der Waals surface area contributed by atoms with Crippen molar-refractivity contribution in [3.8, 4) is 0 Å². The van der Waals surface area contributed by atoms with Crippen LogP contribution in [0, 0.1) is 12.3 Å². The number of hydrogen-bond donors (Lipinski definition) is 1. The topological polar surface area (TPSA) is 92.8 Å². The summed E-state index contributed by atoms with van der Waals surface area (Å²) in [6.45, 7) is 9.73. The number of nitrogens with zero attached hydrogens (tertiary/aromatic N) is 1. The highest BCUT2D eigenvalue weighted by Gasteiger charge is 2.40. The zero-order valence-corrected chi connectivity index (χ0v) is 18.1. The first-order valence-corrected chi connectivity index (χ1v) is 11.0. The van der Waals surface area contributed by atoms with Gasteiger partial charge in [-0.1, -0.05) is 36.8 Å². The fraction of sp³-hybridized carbons (Fsp3) is 0.600. The van der Waals surface area contributed by atoms with Crippen LogP contribution in [0.4, 0.5) is 4.79 Å².